The molecule has 0 aliphatic rings. The van der Waals surface area contributed by atoms with E-state index in [2.05, 4.69) is 5.10 Å². The molecule has 0 aliphatic carbocycles. The fraction of sp³-hybridized carbons (Fsp3) is 0.429. The third kappa shape index (κ3) is 2.42. The summed E-state index contributed by atoms with van der Waals surface area (Å²) in [6.45, 7) is -0.277. The summed E-state index contributed by atoms with van der Waals surface area (Å²) in [5, 5.41) is 3.74. The molecule has 1 heterocycles. The summed E-state index contributed by atoms with van der Waals surface area (Å²) < 4.78 is 12.9. The third-order valence-corrected chi connectivity index (χ3v) is 2.19. The van der Waals surface area contributed by atoms with Gasteiger partial charge >= 0.3 is 0 Å². The molecule has 0 aliphatic heterocycles. The molecule has 13 heavy (non-hydrogen) atoms. The maximum absolute atomic E-state index is 11.8. The van der Waals surface area contributed by atoms with E-state index in [-0.39, 0.29) is 23.0 Å². The van der Waals surface area contributed by atoms with E-state index in [9.17, 15) is 9.18 Å². The van der Waals surface area contributed by atoms with Crippen LogP contribution in [-0.4, -0.2) is 16.5 Å². The molecular weight excluding hydrogens is 218 g/mol. The molecule has 0 saturated heterocycles. The number of halogens is 3. The molecule has 0 radical (unpaired) electrons. The fourth-order valence-corrected chi connectivity index (χ4v) is 1.08. The van der Waals surface area contributed by atoms with Gasteiger partial charge in [-0.3, -0.25) is 9.18 Å². The lowest BCUT2D eigenvalue weighted by Crippen LogP contribution is -2.23. The third-order valence-electron chi connectivity index (χ3n) is 1.45. The highest BCUT2D eigenvalue weighted by Gasteiger charge is 2.06. The summed E-state index contributed by atoms with van der Waals surface area (Å²) in [7, 11) is 0. The van der Waals surface area contributed by atoms with Crippen LogP contribution in [0.1, 0.15) is 6.42 Å². The van der Waals surface area contributed by atoms with Gasteiger partial charge in [-0.05, 0) is 6.42 Å². The molecule has 1 aromatic heterocycles. The van der Waals surface area contributed by atoms with Gasteiger partial charge in [-0.2, -0.15) is 5.10 Å². The lowest BCUT2D eigenvalue weighted by molar-refractivity contribution is 0.427. The highest BCUT2D eigenvalue weighted by atomic mass is 35.5. The monoisotopic (exact) mass is 224 g/mol. The van der Waals surface area contributed by atoms with Gasteiger partial charge in [0.1, 0.15) is 5.02 Å². The second kappa shape index (κ2) is 4.58. The number of rotatable bonds is 3. The van der Waals surface area contributed by atoms with E-state index < -0.39 is 12.2 Å². The van der Waals surface area contributed by atoms with Gasteiger partial charge in [0, 0.05) is 6.54 Å². The van der Waals surface area contributed by atoms with E-state index in [1.807, 2.05) is 0 Å². The summed E-state index contributed by atoms with van der Waals surface area (Å²) in [6, 6.07) is 0. The summed E-state index contributed by atoms with van der Waals surface area (Å²) in [6.07, 6.45) is 1.51. The minimum atomic E-state index is -0.492. The van der Waals surface area contributed by atoms with Gasteiger partial charge in [0.05, 0.1) is 17.9 Å². The first-order chi connectivity index (χ1) is 6.16. The van der Waals surface area contributed by atoms with E-state index in [0.29, 0.717) is 0 Å². The molecule has 0 atom stereocenters. The van der Waals surface area contributed by atoms with Gasteiger partial charge in [0.2, 0.25) is 0 Å². The van der Waals surface area contributed by atoms with Crippen LogP contribution in [0.3, 0.4) is 0 Å². The number of nitrogens with zero attached hydrogens (tertiary/aromatic N) is 2. The van der Waals surface area contributed by atoms with Gasteiger partial charge in [0.25, 0.3) is 5.56 Å². The van der Waals surface area contributed by atoms with E-state index in [1.165, 1.54) is 6.20 Å². The van der Waals surface area contributed by atoms with Gasteiger partial charge in [-0.25, -0.2) is 4.68 Å². The average molecular weight is 225 g/mol. The predicted octanol–water partition coefficient (Wildman–Crippen LogP) is 1.91. The van der Waals surface area contributed by atoms with Crippen LogP contribution in [0, 0.1) is 0 Å². The van der Waals surface area contributed by atoms with E-state index in [4.69, 9.17) is 23.2 Å². The first-order valence-electron chi connectivity index (χ1n) is 3.64. The molecule has 0 aromatic carbocycles. The van der Waals surface area contributed by atoms with Crippen molar-refractivity contribution in [2.75, 3.05) is 6.67 Å². The minimum Gasteiger partial charge on any atom is -0.266 e. The molecular formula is C7H7Cl2FN2O. The number of alkyl halides is 1. The molecule has 0 bridgehead atoms. The Morgan fingerprint density at radius 3 is 2.85 bits per heavy atom. The van der Waals surface area contributed by atoms with Crippen molar-refractivity contribution in [3.8, 4) is 0 Å². The van der Waals surface area contributed by atoms with E-state index in [0.717, 1.165) is 4.68 Å². The van der Waals surface area contributed by atoms with Gasteiger partial charge in [-0.15, -0.1) is 0 Å². The Bertz CT molecular complexity index is 353. The van der Waals surface area contributed by atoms with Crippen molar-refractivity contribution in [1.82, 2.24) is 9.78 Å². The van der Waals surface area contributed by atoms with Crippen LogP contribution in [0.5, 0.6) is 0 Å². The normalized spacial score (nSPS) is 10.4. The van der Waals surface area contributed by atoms with Crippen molar-refractivity contribution in [2.45, 2.75) is 13.0 Å². The van der Waals surface area contributed by atoms with Crippen LogP contribution in [0.15, 0.2) is 11.0 Å². The SMILES string of the molecule is O=c1c(Cl)c(Cl)cnn1CCCF. The van der Waals surface area contributed by atoms with Crippen LogP contribution < -0.4 is 5.56 Å². The summed E-state index contributed by atoms with van der Waals surface area (Å²) >= 11 is 11.1. The number of aryl methyl sites for hydroxylation is 1. The zero-order valence-corrected chi connectivity index (χ0v) is 8.15. The highest BCUT2D eigenvalue weighted by molar-refractivity contribution is 6.41. The van der Waals surface area contributed by atoms with Gasteiger partial charge in [-0.1, -0.05) is 23.2 Å². The summed E-state index contributed by atoms with van der Waals surface area (Å²) in [5.41, 5.74) is -0.484. The van der Waals surface area contributed by atoms with Crippen molar-refractivity contribution in [1.29, 1.82) is 0 Å². The molecule has 0 N–H and O–H groups in total. The Morgan fingerprint density at radius 1 is 1.54 bits per heavy atom. The molecule has 0 spiro atoms. The Labute approximate surface area is 84.1 Å². The standard InChI is InChI=1S/C7H7Cl2FN2O/c8-5-4-11-12(3-1-2-10)7(13)6(5)9/h4H,1-3H2. The van der Waals surface area contributed by atoms with E-state index >= 15 is 0 Å². The zero-order chi connectivity index (χ0) is 9.84. The molecule has 0 fully saturated rings. The first kappa shape index (κ1) is 10.5. The number of aromatic nitrogens is 2. The maximum Gasteiger partial charge on any atom is 0.287 e. The van der Waals surface area contributed by atoms with Crippen molar-refractivity contribution in [3.63, 3.8) is 0 Å². The van der Waals surface area contributed by atoms with Crippen molar-refractivity contribution in [3.05, 3.63) is 26.6 Å². The van der Waals surface area contributed by atoms with Crippen LogP contribution in [-0.2, 0) is 6.54 Å². The van der Waals surface area contributed by atoms with E-state index in [1.54, 1.807) is 0 Å². The molecule has 3 nitrogen and oxygen atoms in total. The molecule has 1 aromatic rings. The van der Waals surface area contributed by atoms with Crippen molar-refractivity contribution >= 4 is 23.2 Å². The average Bonchev–Trinajstić information content (AvgIpc) is 2.13. The van der Waals surface area contributed by atoms with Crippen LogP contribution in [0.4, 0.5) is 4.39 Å². The number of hydrogen-bond acceptors (Lipinski definition) is 2. The summed E-state index contributed by atoms with van der Waals surface area (Å²) in [5.74, 6) is 0. The smallest absolute Gasteiger partial charge is 0.266 e. The quantitative estimate of drug-likeness (QED) is 0.787. The molecule has 0 amide bonds. The lowest BCUT2D eigenvalue weighted by atomic mass is 10.4. The zero-order valence-electron chi connectivity index (χ0n) is 6.64. The second-order valence-corrected chi connectivity index (χ2v) is 3.16. The molecule has 0 saturated carbocycles. The van der Waals surface area contributed by atoms with Crippen LogP contribution >= 0.6 is 23.2 Å². The van der Waals surface area contributed by atoms with Crippen LogP contribution in [0.25, 0.3) is 0 Å². The lowest BCUT2D eigenvalue weighted by Gasteiger charge is -2.02. The molecule has 72 valence electrons. The fourth-order valence-electron chi connectivity index (χ4n) is 0.814. The first-order valence-corrected chi connectivity index (χ1v) is 4.39. The Kier molecular flexibility index (Phi) is 3.69. The summed E-state index contributed by atoms with van der Waals surface area (Å²) in [4.78, 5) is 11.3. The molecule has 0 unspecified atom stereocenters. The predicted molar refractivity (Wildman–Crippen MR) is 49.1 cm³/mol. The molecule has 1 rings (SSSR count). The van der Waals surface area contributed by atoms with Crippen LogP contribution in [0.2, 0.25) is 10.0 Å². The van der Waals surface area contributed by atoms with Gasteiger partial charge in [0.15, 0.2) is 0 Å². The largest absolute Gasteiger partial charge is 0.287 e. The molecule has 6 heteroatoms. The Hall–Kier alpha value is -0.610. The Morgan fingerprint density at radius 2 is 2.23 bits per heavy atom. The second-order valence-electron chi connectivity index (χ2n) is 2.38. The minimum absolute atomic E-state index is 0.0736. The van der Waals surface area contributed by atoms with Gasteiger partial charge < -0.3 is 0 Å². The van der Waals surface area contributed by atoms with Crippen molar-refractivity contribution < 1.29 is 4.39 Å². The Balaban J connectivity index is 2.97. The maximum atomic E-state index is 11.8. The number of hydrogen-bond donors (Lipinski definition) is 0. The van der Waals surface area contributed by atoms with Crippen molar-refractivity contribution in [2.24, 2.45) is 0 Å². The highest BCUT2D eigenvalue weighted by Crippen LogP contribution is 2.14. The topological polar surface area (TPSA) is 34.9 Å².